The highest BCUT2D eigenvalue weighted by molar-refractivity contribution is 6.07. The Morgan fingerprint density at radius 1 is 0.775 bits per heavy atom. The van der Waals surface area contributed by atoms with Gasteiger partial charge < -0.3 is 14.2 Å². The van der Waals surface area contributed by atoms with E-state index in [1.54, 1.807) is 58.2 Å². The Balaban J connectivity index is 2.51. The first-order valence-corrected chi connectivity index (χ1v) is 13.4. The number of hydrogen-bond acceptors (Lipinski definition) is 6. The molecule has 0 spiro atoms. The van der Waals surface area contributed by atoms with Crippen LogP contribution >= 0.6 is 0 Å². The topological polar surface area (TPSA) is 78.9 Å². The standard InChI is InChI=1S/C34H42O6/c1-10-12-14-24-22-25(29(38-9)27(15-13-11-2)30(24)40-32(37)34(6,7)8)18-21-28(35)23-16-19-26(20-17-23)39-31(36)33(3,4)5/h10-13,16-22H,14-15H2,1-9H3. The maximum atomic E-state index is 13.0. The molecule has 2 rings (SSSR count). The number of benzene rings is 2. The Morgan fingerprint density at radius 2 is 1.32 bits per heavy atom. The lowest BCUT2D eigenvalue weighted by atomic mass is 9.95. The van der Waals surface area contributed by atoms with Crippen molar-refractivity contribution in [1.82, 2.24) is 0 Å². The lowest BCUT2D eigenvalue weighted by molar-refractivity contribution is -0.143. The van der Waals surface area contributed by atoms with Crippen LogP contribution in [0.15, 0.2) is 60.7 Å². The minimum atomic E-state index is -0.686. The summed E-state index contributed by atoms with van der Waals surface area (Å²) >= 11 is 0. The lowest BCUT2D eigenvalue weighted by Crippen LogP contribution is -2.26. The molecule has 6 nitrogen and oxygen atoms in total. The van der Waals surface area contributed by atoms with Gasteiger partial charge in [-0.25, -0.2) is 0 Å². The van der Waals surface area contributed by atoms with Crippen LogP contribution in [0.25, 0.3) is 6.08 Å². The minimum absolute atomic E-state index is 0.219. The van der Waals surface area contributed by atoms with E-state index in [-0.39, 0.29) is 17.7 Å². The van der Waals surface area contributed by atoms with Gasteiger partial charge in [0.05, 0.1) is 17.9 Å². The Hall–Kier alpha value is -3.93. The summed E-state index contributed by atoms with van der Waals surface area (Å²) in [6, 6.07) is 8.35. The highest BCUT2D eigenvalue weighted by atomic mass is 16.5. The zero-order valence-electron chi connectivity index (χ0n) is 25.2. The molecule has 0 aromatic heterocycles. The molecular weight excluding hydrogens is 504 g/mol. The van der Waals surface area contributed by atoms with E-state index in [1.807, 2.05) is 65.0 Å². The average Bonchev–Trinajstić information content (AvgIpc) is 2.89. The Bertz CT molecular complexity index is 1300. The first-order chi connectivity index (χ1) is 18.7. The third kappa shape index (κ3) is 8.80. The number of carbonyl (C=O) groups excluding carboxylic acids is 3. The molecule has 0 unspecified atom stereocenters. The lowest BCUT2D eigenvalue weighted by Gasteiger charge is -2.22. The van der Waals surface area contributed by atoms with Crippen LogP contribution in [0, 0.1) is 10.8 Å². The second-order valence-corrected chi connectivity index (χ2v) is 11.5. The van der Waals surface area contributed by atoms with Crippen molar-refractivity contribution in [1.29, 1.82) is 0 Å². The van der Waals surface area contributed by atoms with Gasteiger partial charge in [0, 0.05) is 16.7 Å². The molecule has 0 aliphatic carbocycles. The van der Waals surface area contributed by atoms with Crippen molar-refractivity contribution < 1.29 is 28.6 Å². The van der Waals surface area contributed by atoms with Crippen molar-refractivity contribution in [3.63, 3.8) is 0 Å². The molecule has 0 saturated carbocycles. The SMILES string of the molecule is CC=CCc1cc(C=CC(=O)c2ccc(OC(=O)C(C)(C)C)cc2)c(OC)c(CC=CC)c1OC(=O)C(C)(C)C. The molecule has 214 valence electrons. The van der Waals surface area contributed by atoms with Crippen LogP contribution in [-0.4, -0.2) is 24.8 Å². The minimum Gasteiger partial charge on any atom is -0.496 e. The van der Waals surface area contributed by atoms with Crippen LogP contribution in [-0.2, 0) is 22.4 Å². The van der Waals surface area contributed by atoms with E-state index in [4.69, 9.17) is 14.2 Å². The number of ketones is 1. The molecule has 0 bridgehead atoms. The van der Waals surface area contributed by atoms with Gasteiger partial charge in [0.25, 0.3) is 0 Å². The molecule has 0 atom stereocenters. The summed E-state index contributed by atoms with van der Waals surface area (Å²) in [6.45, 7) is 14.6. The molecule has 0 aliphatic heterocycles. The summed E-state index contributed by atoms with van der Waals surface area (Å²) in [6.07, 6.45) is 12.0. The van der Waals surface area contributed by atoms with Gasteiger partial charge in [-0.15, -0.1) is 0 Å². The number of ether oxygens (including phenoxy) is 3. The van der Waals surface area contributed by atoms with Crippen molar-refractivity contribution in [3.8, 4) is 17.2 Å². The predicted octanol–water partition coefficient (Wildman–Crippen LogP) is 7.73. The molecule has 6 heteroatoms. The zero-order valence-corrected chi connectivity index (χ0v) is 25.2. The quantitative estimate of drug-likeness (QED) is 0.0997. The molecular formula is C34H42O6. The summed E-state index contributed by atoms with van der Waals surface area (Å²) in [7, 11) is 1.56. The van der Waals surface area contributed by atoms with Gasteiger partial charge in [-0.2, -0.15) is 0 Å². The van der Waals surface area contributed by atoms with Crippen LogP contribution in [0.2, 0.25) is 0 Å². The van der Waals surface area contributed by atoms with Gasteiger partial charge in [-0.3, -0.25) is 14.4 Å². The van der Waals surface area contributed by atoms with Crippen LogP contribution in [0.4, 0.5) is 0 Å². The summed E-state index contributed by atoms with van der Waals surface area (Å²) < 4.78 is 17.2. The van der Waals surface area contributed by atoms with Crippen LogP contribution in [0.3, 0.4) is 0 Å². The van der Waals surface area contributed by atoms with Crippen LogP contribution in [0.5, 0.6) is 17.2 Å². The number of methoxy groups -OCH3 is 1. The number of carbonyl (C=O) groups is 3. The molecule has 2 aromatic carbocycles. The molecule has 0 radical (unpaired) electrons. The van der Waals surface area contributed by atoms with Crippen molar-refractivity contribution in [2.45, 2.75) is 68.2 Å². The van der Waals surface area contributed by atoms with Gasteiger partial charge in [-0.05, 0) is 116 Å². The van der Waals surface area contributed by atoms with E-state index in [2.05, 4.69) is 0 Å². The first kappa shape index (κ1) is 32.3. The van der Waals surface area contributed by atoms with E-state index in [1.165, 1.54) is 6.08 Å². The Labute approximate surface area is 238 Å². The second-order valence-electron chi connectivity index (χ2n) is 11.5. The summed E-state index contributed by atoms with van der Waals surface area (Å²) in [5.74, 6) is 0.490. The molecule has 0 heterocycles. The molecule has 2 aromatic rings. The number of esters is 2. The summed E-state index contributed by atoms with van der Waals surface area (Å²) in [4.78, 5) is 38.1. The van der Waals surface area contributed by atoms with Gasteiger partial charge in [0.1, 0.15) is 17.2 Å². The largest absolute Gasteiger partial charge is 0.496 e. The second kappa shape index (κ2) is 13.9. The maximum absolute atomic E-state index is 13.0. The van der Waals surface area contributed by atoms with Crippen molar-refractivity contribution in [3.05, 3.63) is 83.0 Å². The average molecular weight is 547 g/mol. The van der Waals surface area contributed by atoms with Crippen molar-refractivity contribution in [2.75, 3.05) is 7.11 Å². The van der Waals surface area contributed by atoms with E-state index in [9.17, 15) is 14.4 Å². The predicted molar refractivity (Wildman–Crippen MR) is 160 cm³/mol. The van der Waals surface area contributed by atoms with Crippen LogP contribution in [0.1, 0.15) is 82.4 Å². The van der Waals surface area contributed by atoms with E-state index < -0.39 is 10.8 Å². The number of allylic oxidation sites excluding steroid dienone is 5. The van der Waals surface area contributed by atoms with E-state index in [0.29, 0.717) is 41.2 Å². The molecule has 40 heavy (non-hydrogen) atoms. The molecule has 0 N–H and O–H groups in total. The van der Waals surface area contributed by atoms with E-state index in [0.717, 1.165) is 11.1 Å². The highest BCUT2D eigenvalue weighted by Crippen LogP contribution is 2.39. The normalized spacial score (nSPS) is 12.3. The third-order valence-electron chi connectivity index (χ3n) is 5.95. The van der Waals surface area contributed by atoms with Gasteiger partial charge in [0.15, 0.2) is 5.78 Å². The van der Waals surface area contributed by atoms with Gasteiger partial charge in [0.2, 0.25) is 0 Å². The zero-order chi connectivity index (χ0) is 30.1. The van der Waals surface area contributed by atoms with Crippen LogP contribution < -0.4 is 14.2 Å². The fraction of sp³-hybridized carbons (Fsp3) is 0.382. The van der Waals surface area contributed by atoms with Gasteiger partial charge in [-0.1, -0.05) is 24.3 Å². The first-order valence-electron chi connectivity index (χ1n) is 13.4. The maximum Gasteiger partial charge on any atom is 0.316 e. The molecule has 0 fully saturated rings. The third-order valence-corrected chi connectivity index (χ3v) is 5.95. The Morgan fingerprint density at radius 3 is 1.85 bits per heavy atom. The van der Waals surface area contributed by atoms with Crippen molar-refractivity contribution in [2.24, 2.45) is 10.8 Å². The fourth-order valence-corrected chi connectivity index (χ4v) is 3.55. The van der Waals surface area contributed by atoms with Crippen molar-refractivity contribution >= 4 is 23.8 Å². The number of rotatable bonds is 10. The van der Waals surface area contributed by atoms with E-state index >= 15 is 0 Å². The van der Waals surface area contributed by atoms with Gasteiger partial charge >= 0.3 is 11.9 Å². The monoisotopic (exact) mass is 546 g/mol. The highest BCUT2D eigenvalue weighted by Gasteiger charge is 2.28. The summed E-state index contributed by atoms with van der Waals surface area (Å²) in [5, 5.41) is 0. The number of hydrogen-bond donors (Lipinski definition) is 0. The smallest absolute Gasteiger partial charge is 0.316 e. The molecule has 0 saturated heterocycles. The molecule has 0 aliphatic rings. The fourth-order valence-electron chi connectivity index (χ4n) is 3.55. The molecule has 0 amide bonds. The Kier molecular flexibility index (Phi) is 11.2. The summed E-state index contributed by atoms with van der Waals surface area (Å²) in [5.41, 5.74) is 1.37.